The molecule has 0 rings (SSSR count). The molecule has 0 unspecified atom stereocenters. The molecule has 0 aromatic rings. The highest BCUT2D eigenvalue weighted by atomic mass is 35.5. The lowest BCUT2D eigenvalue weighted by atomic mass is 10.2. The second kappa shape index (κ2) is 15.7. The van der Waals surface area contributed by atoms with E-state index in [9.17, 15) is 0 Å². The molecule has 0 radical (unpaired) electrons. The van der Waals surface area contributed by atoms with Crippen molar-refractivity contribution in [3.8, 4) is 0 Å². The fourth-order valence-electron chi connectivity index (χ4n) is 0.500. The highest BCUT2D eigenvalue weighted by Crippen LogP contribution is 1.95. The van der Waals surface area contributed by atoms with Gasteiger partial charge in [0, 0.05) is 0 Å². The summed E-state index contributed by atoms with van der Waals surface area (Å²) in [5.74, 6) is 0. The molecule has 2 heteroatoms. The summed E-state index contributed by atoms with van der Waals surface area (Å²) in [7, 11) is 0. The average molecular weight is 149 g/mol. The van der Waals surface area contributed by atoms with Crippen LogP contribution in [0.3, 0.4) is 0 Å². The Morgan fingerprint density at radius 2 is 1.12 bits per heavy atom. The van der Waals surface area contributed by atoms with E-state index < -0.39 is 0 Å². The molecule has 0 saturated heterocycles. The summed E-state index contributed by atoms with van der Waals surface area (Å²) in [5.41, 5.74) is 0. The molecule has 0 aliphatic rings. The molecule has 50 valence electrons. The van der Waals surface area contributed by atoms with Crippen molar-refractivity contribution in [3.05, 3.63) is 0 Å². The zero-order valence-corrected chi connectivity index (χ0v) is 6.05. The summed E-state index contributed by atoms with van der Waals surface area (Å²) in [6, 6.07) is 0. The van der Waals surface area contributed by atoms with Crippen LogP contribution in [-0.2, 0) is 0 Å². The van der Waals surface area contributed by atoms with Crippen LogP contribution in [0.4, 0.5) is 0 Å². The lowest BCUT2D eigenvalue weighted by molar-refractivity contribution is 0.702. The van der Waals surface area contributed by atoms with E-state index in [2.05, 4.69) is 13.8 Å². The van der Waals surface area contributed by atoms with E-state index in [1.165, 1.54) is 25.7 Å². The first-order chi connectivity index (χ1) is 2.91. The van der Waals surface area contributed by atoms with Crippen LogP contribution < -0.4 is 0 Å². The molecular weight excluding hydrogens is 132 g/mol. The minimum absolute atomic E-state index is 0. The average Bonchev–Trinajstić information content (AvgIpc) is 1.61. The summed E-state index contributed by atoms with van der Waals surface area (Å²) >= 11 is 0. The van der Waals surface area contributed by atoms with Crippen molar-refractivity contribution in [1.82, 2.24) is 0 Å². The first kappa shape index (κ1) is 16.0. The molecule has 0 aromatic heterocycles. The minimum atomic E-state index is 0. The maximum Gasteiger partial charge on any atom is 0.316 e. The SMILES string of the molecule is CCCCCC.Cl.[MgH2]. The maximum atomic E-state index is 2.23. The van der Waals surface area contributed by atoms with Gasteiger partial charge in [0.15, 0.2) is 0 Å². The van der Waals surface area contributed by atoms with Gasteiger partial charge in [0.2, 0.25) is 0 Å². The van der Waals surface area contributed by atoms with Crippen LogP contribution in [0.25, 0.3) is 0 Å². The molecule has 0 aromatic carbocycles. The number of hydrogen-bond acceptors (Lipinski definition) is 0. The monoisotopic (exact) mass is 148 g/mol. The lowest BCUT2D eigenvalue weighted by Gasteiger charge is -1.86. The van der Waals surface area contributed by atoms with Crippen LogP contribution in [-0.4, -0.2) is 23.1 Å². The Hall–Kier alpha value is 1.06. The van der Waals surface area contributed by atoms with Gasteiger partial charge in [-0.15, -0.1) is 12.4 Å². The summed E-state index contributed by atoms with van der Waals surface area (Å²) < 4.78 is 0. The van der Waals surface area contributed by atoms with Gasteiger partial charge in [-0.05, 0) is 0 Å². The van der Waals surface area contributed by atoms with Gasteiger partial charge >= 0.3 is 23.1 Å². The van der Waals surface area contributed by atoms with Crippen molar-refractivity contribution < 1.29 is 0 Å². The Morgan fingerprint density at radius 1 is 0.875 bits per heavy atom. The molecule has 0 aliphatic heterocycles. The number of rotatable bonds is 3. The molecule has 0 saturated carbocycles. The minimum Gasteiger partial charge on any atom is -0.147 e. The number of unbranched alkanes of at least 4 members (excludes halogenated alkanes) is 3. The van der Waals surface area contributed by atoms with E-state index in [4.69, 9.17) is 0 Å². The van der Waals surface area contributed by atoms with Gasteiger partial charge in [0.1, 0.15) is 0 Å². The van der Waals surface area contributed by atoms with Gasteiger partial charge in [-0.3, -0.25) is 0 Å². The van der Waals surface area contributed by atoms with Crippen molar-refractivity contribution in [2.75, 3.05) is 0 Å². The van der Waals surface area contributed by atoms with Crippen LogP contribution in [0.1, 0.15) is 39.5 Å². The second-order valence-electron chi connectivity index (χ2n) is 1.71. The molecule has 0 fully saturated rings. The summed E-state index contributed by atoms with van der Waals surface area (Å²) in [4.78, 5) is 0. The first-order valence-electron chi connectivity index (χ1n) is 2.91. The third-order valence-electron chi connectivity index (χ3n) is 0.957. The molecular formula is C6H17ClMg. The molecule has 0 nitrogen and oxygen atoms in total. The quantitative estimate of drug-likeness (QED) is 0.425. The zero-order chi connectivity index (χ0) is 4.83. The Labute approximate surface area is 75.0 Å². The first-order valence-corrected chi connectivity index (χ1v) is 2.91. The molecule has 0 atom stereocenters. The van der Waals surface area contributed by atoms with Crippen LogP contribution in [0, 0.1) is 0 Å². The molecule has 0 heterocycles. The number of hydrogen-bond donors (Lipinski definition) is 0. The third-order valence-corrected chi connectivity index (χ3v) is 0.957. The molecule has 0 bridgehead atoms. The maximum absolute atomic E-state index is 2.23. The van der Waals surface area contributed by atoms with Crippen molar-refractivity contribution in [2.45, 2.75) is 39.5 Å². The van der Waals surface area contributed by atoms with E-state index in [0.29, 0.717) is 0 Å². The molecule has 0 amide bonds. The van der Waals surface area contributed by atoms with Crippen LogP contribution >= 0.6 is 12.4 Å². The topological polar surface area (TPSA) is 0 Å². The predicted molar refractivity (Wildman–Crippen MR) is 45.6 cm³/mol. The van der Waals surface area contributed by atoms with Crippen molar-refractivity contribution >= 4 is 35.5 Å². The Bertz CT molecular complexity index is 20.5. The normalized spacial score (nSPS) is 6.75. The van der Waals surface area contributed by atoms with Gasteiger partial charge in [0.05, 0.1) is 0 Å². The van der Waals surface area contributed by atoms with E-state index in [-0.39, 0.29) is 35.5 Å². The second-order valence-corrected chi connectivity index (χ2v) is 1.71. The predicted octanol–water partition coefficient (Wildman–Crippen LogP) is 2.09. The molecule has 0 aliphatic carbocycles. The summed E-state index contributed by atoms with van der Waals surface area (Å²) in [5, 5.41) is 0. The van der Waals surface area contributed by atoms with Gasteiger partial charge in [-0.2, -0.15) is 0 Å². The highest BCUT2D eigenvalue weighted by Gasteiger charge is 1.75. The fourth-order valence-corrected chi connectivity index (χ4v) is 0.500. The van der Waals surface area contributed by atoms with Crippen LogP contribution in [0.15, 0.2) is 0 Å². The van der Waals surface area contributed by atoms with E-state index >= 15 is 0 Å². The van der Waals surface area contributed by atoms with Gasteiger partial charge in [0.25, 0.3) is 0 Å². The largest absolute Gasteiger partial charge is 0.316 e. The van der Waals surface area contributed by atoms with Crippen LogP contribution in [0.5, 0.6) is 0 Å². The zero-order valence-electron chi connectivity index (χ0n) is 5.24. The molecule has 8 heavy (non-hydrogen) atoms. The lowest BCUT2D eigenvalue weighted by Crippen LogP contribution is -1.66. The fraction of sp³-hybridized carbons (Fsp3) is 1.00. The van der Waals surface area contributed by atoms with E-state index in [1.807, 2.05) is 0 Å². The third kappa shape index (κ3) is 15.7. The molecule has 0 N–H and O–H groups in total. The standard InChI is InChI=1S/C6H14.ClH.Mg.2H/c1-3-5-6-4-2;;;;/h3-6H2,1-2H3;1H;;;. The van der Waals surface area contributed by atoms with Crippen molar-refractivity contribution in [1.29, 1.82) is 0 Å². The summed E-state index contributed by atoms with van der Waals surface area (Å²) in [6.45, 7) is 4.46. The van der Waals surface area contributed by atoms with Crippen molar-refractivity contribution in [3.63, 3.8) is 0 Å². The molecule has 0 spiro atoms. The smallest absolute Gasteiger partial charge is 0.147 e. The Morgan fingerprint density at radius 3 is 1.25 bits per heavy atom. The Kier molecular flexibility index (Phi) is 31.4. The van der Waals surface area contributed by atoms with Gasteiger partial charge < -0.3 is 0 Å². The summed E-state index contributed by atoms with van der Waals surface area (Å²) in [6.07, 6.45) is 5.54. The van der Waals surface area contributed by atoms with E-state index in [0.717, 1.165) is 0 Å². The van der Waals surface area contributed by atoms with Gasteiger partial charge in [-0.1, -0.05) is 39.5 Å². The Balaban J connectivity index is -0.000000125. The van der Waals surface area contributed by atoms with Crippen LogP contribution in [0.2, 0.25) is 0 Å². The van der Waals surface area contributed by atoms with Crippen molar-refractivity contribution in [2.24, 2.45) is 0 Å². The van der Waals surface area contributed by atoms with Gasteiger partial charge in [-0.25, -0.2) is 0 Å². The highest BCUT2D eigenvalue weighted by molar-refractivity contribution is 5.85. The van der Waals surface area contributed by atoms with E-state index in [1.54, 1.807) is 0 Å². The number of halogens is 1.